The first-order chi connectivity index (χ1) is 16.6. The van der Waals surface area contributed by atoms with Crippen LogP contribution in [-0.4, -0.2) is 24.8 Å². The molecule has 1 fully saturated rings. The third-order valence-electron chi connectivity index (χ3n) is 5.87. The molecular weight excluding hydrogens is 486 g/mol. The van der Waals surface area contributed by atoms with Gasteiger partial charge in [0.15, 0.2) is 10.2 Å². The Kier molecular flexibility index (Phi) is 5.21. The van der Waals surface area contributed by atoms with Crippen LogP contribution in [0.4, 0.5) is 5.69 Å². The van der Waals surface area contributed by atoms with Gasteiger partial charge in [-0.3, -0.25) is 9.55 Å². The second-order valence-electron chi connectivity index (χ2n) is 7.90. The van der Waals surface area contributed by atoms with Crippen molar-refractivity contribution in [2.75, 3.05) is 4.90 Å². The molecule has 0 aliphatic carbocycles. The average molecular weight is 504 g/mol. The quantitative estimate of drug-likeness (QED) is 0.292. The van der Waals surface area contributed by atoms with Crippen LogP contribution in [0.5, 0.6) is 5.75 Å². The average Bonchev–Trinajstić information content (AvgIpc) is 3.57. The van der Waals surface area contributed by atoms with Crippen LogP contribution in [0, 0.1) is 0 Å². The zero-order valence-electron chi connectivity index (χ0n) is 17.7. The predicted octanol–water partition coefficient (Wildman–Crippen LogP) is 6.02. The highest BCUT2D eigenvalue weighted by molar-refractivity contribution is 7.80. The molecule has 0 spiro atoms. The molecular formula is C25H18ClN5OS2. The summed E-state index contributed by atoms with van der Waals surface area (Å²) in [6, 6.07) is 22.3. The van der Waals surface area contributed by atoms with Crippen LogP contribution in [0.3, 0.4) is 0 Å². The fourth-order valence-electron chi connectivity index (χ4n) is 4.38. The van der Waals surface area contributed by atoms with Crippen LogP contribution in [0.15, 0.2) is 85.2 Å². The molecule has 9 heteroatoms. The lowest BCUT2D eigenvalue weighted by molar-refractivity contribution is 0.472. The number of benzene rings is 2. The van der Waals surface area contributed by atoms with Crippen molar-refractivity contribution in [3.63, 3.8) is 0 Å². The van der Waals surface area contributed by atoms with Gasteiger partial charge in [-0.25, -0.2) is 4.98 Å². The van der Waals surface area contributed by atoms with Gasteiger partial charge in [0.1, 0.15) is 11.8 Å². The molecule has 2 N–H and O–H groups in total. The Morgan fingerprint density at radius 3 is 2.71 bits per heavy atom. The van der Waals surface area contributed by atoms with Crippen LogP contribution >= 0.6 is 35.2 Å². The van der Waals surface area contributed by atoms with E-state index in [-0.39, 0.29) is 17.8 Å². The summed E-state index contributed by atoms with van der Waals surface area (Å²) in [4.78, 5) is 11.4. The lowest BCUT2D eigenvalue weighted by Crippen LogP contribution is -2.30. The molecule has 0 radical (unpaired) electrons. The van der Waals surface area contributed by atoms with Crippen LogP contribution in [-0.2, 0) is 0 Å². The van der Waals surface area contributed by atoms with Crippen LogP contribution in [0.25, 0.3) is 15.3 Å². The number of aromatic hydroxyl groups is 1. The van der Waals surface area contributed by atoms with E-state index in [0.717, 1.165) is 26.7 Å². The molecule has 0 amide bonds. The van der Waals surface area contributed by atoms with Crippen molar-refractivity contribution in [1.29, 1.82) is 0 Å². The molecule has 1 aliphatic rings. The smallest absolute Gasteiger partial charge is 0.194 e. The molecule has 1 aliphatic heterocycles. The van der Waals surface area contributed by atoms with Crippen molar-refractivity contribution in [3.05, 3.63) is 102 Å². The number of pyridine rings is 1. The van der Waals surface area contributed by atoms with E-state index in [9.17, 15) is 5.11 Å². The first-order valence-electron chi connectivity index (χ1n) is 10.6. The highest BCUT2D eigenvalue weighted by Gasteiger charge is 2.43. The number of thiazole rings is 1. The van der Waals surface area contributed by atoms with E-state index < -0.39 is 0 Å². The van der Waals surface area contributed by atoms with Crippen molar-refractivity contribution in [3.8, 4) is 10.9 Å². The molecule has 4 heterocycles. The molecule has 3 aromatic heterocycles. The second-order valence-corrected chi connectivity index (χ2v) is 9.73. The van der Waals surface area contributed by atoms with Crippen LogP contribution < -0.4 is 10.2 Å². The summed E-state index contributed by atoms with van der Waals surface area (Å²) < 4.78 is 3.19. The number of anilines is 1. The van der Waals surface area contributed by atoms with Crippen LogP contribution in [0.2, 0.25) is 5.02 Å². The number of nitrogens with zero attached hydrogens (tertiary/aromatic N) is 4. The molecule has 34 heavy (non-hydrogen) atoms. The van der Waals surface area contributed by atoms with Gasteiger partial charge in [0.05, 0.1) is 33.3 Å². The van der Waals surface area contributed by atoms with Gasteiger partial charge in [0.2, 0.25) is 0 Å². The summed E-state index contributed by atoms with van der Waals surface area (Å²) in [7, 11) is 0. The van der Waals surface area contributed by atoms with Crippen molar-refractivity contribution in [1.82, 2.24) is 19.9 Å². The normalized spacial score (nSPS) is 17.9. The van der Waals surface area contributed by atoms with Gasteiger partial charge < -0.3 is 15.3 Å². The molecule has 1 saturated heterocycles. The predicted molar refractivity (Wildman–Crippen MR) is 140 cm³/mol. The third-order valence-corrected chi connectivity index (χ3v) is 7.45. The zero-order chi connectivity index (χ0) is 23.2. The maximum Gasteiger partial charge on any atom is 0.194 e. The Bertz CT molecular complexity index is 1480. The summed E-state index contributed by atoms with van der Waals surface area (Å²) >= 11 is 13.7. The molecule has 0 unspecified atom stereocenters. The number of nitrogens with one attached hydrogen (secondary N) is 1. The largest absolute Gasteiger partial charge is 0.506 e. The Hall–Kier alpha value is -3.46. The monoisotopic (exact) mass is 503 g/mol. The van der Waals surface area contributed by atoms with Crippen molar-refractivity contribution < 1.29 is 5.11 Å². The molecule has 2 aromatic carbocycles. The zero-order valence-corrected chi connectivity index (χ0v) is 20.1. The fraction of sp³-hybridized carbons (Fsp3) is 0.0800. The molecule has 2 atom stereocenters. The van der Waals surface area contributed by atoms with E-state index in [1.165, 1.54) is 0 Å². The van der Waals surface area contributed by atoms with Gasteiger partial charge in [0.25, 0.3) is 0 Å². The molecule has 168 valence electrons. The summed E-state index contributed by atoms with van der Waals surface area (Å²) in [5, 5.41) is 16.0. The maximum absolute atomic E-state index is 10.7. The Morgan fingerprint density at radius 2 is 1.88 bits per heavy atom. The number of thiocarbonyl (C=S) groups is 1. The number of hydrogen-bond donors (Lipinski definition) is 2. The van der Waals surface area contributed by atoms with Gasteiger partial charge >= 0.3 is 0 Å². The van der Waals surface area contributed by atoms with E-state index in [1.807, 2.05) is 53.6 Å². The van der Waals surface area contributed by atoms with Crippen molar-refractivity contribution >= 4 is 56.2 Å². The first kappa shape index (κ1) is 21.1. The Labute approximate surface area is 210 Å². The molecule has 6 rings (SSSR count). The molecule has 0 saturated carbocycles. The van der Waals surface area contributed by atoms with Gasteiger partial charge in [0, 0.05) is 17.4 Å². The molecule has 5 aromatic rings. The number of aromatic nitrogens is 3. The lowest BCUT2D eigenvalue weighted by atomic mass is 10.0. The summed E-state index contributed by atoms with van der Waals surface area (Å²) in [5.74, 6) is 0.0957. The highest BCUT2D eigenvalue weighted by Crippen LogP contribution is 2.45. The van der Waals surface area contributed by atoms with Gasteiger partial charge in [-0.2, -0.15) is 0 Å². The van der Waals surface area contributed by atoms with Gasteiger partial charge in [-0.1, -0.05) is 41.1 Å². The van der Waals surface area contributed by atoms with E-state index in [2.05, 4.69) is 27.0 Å². The standard InChI is InChI=1S/C25H18ClN5OS2/c26-15-10-11-20(32)19(14-15)31-23(22(29-24(31)33)17-7-3-4-12-27-17)18-8-5-13-30(18)25-28-16-6-1-2-9-21(16)34-25/h1-14,22-23,32H,(H,29,33)/t22-,23+/m1/s1. The number of halogens is 1. The Balaban J connectivity index is 1.54. The lowest BCUT2D eigenvalue weighted by Gasteiger charge is -2.29. The molecule has 6 nitrogen and oxygen atoms in total. The minimum Gasteiger partial charge on any atom is -0.506 e. The fourth-order valence-corrected chi connectivity index (χ4v) is 5.85. The minimum absolute atomic E-state index is 0.0957. The van der Waals surface area contributed by atoms with E-state index >= 15 is 0 Å². The van der Waals surface area contributed by atoms with E-state index in [4.69, 9.17) is 28.8 Å². The highest BCUT2D eigenvalue weighted by atomic mass is 35.5. The summed E-state index contributed by atoms with van der Waals surface area (Å²) in [5.41, 5.74) is 3.29. The summed E-state index contributed by atoms with van der Waals surface area (Å²) in [6.45, 7) is 0. The van der Waals surface area contributed by atoms with E-state index in [0.29, 0.717) is 15.8 Å². The van der Waals surface area contributed by atoms with E-state index in [1.54, 1.807) is 35.7 Å². The maximum atomic E-state index is 10.7. The van der Waals surface area contributed by atoms with Crippen LogP contribution in [0.1, 0.15) is 23.5 Å². The topological polar surface area (TPSA) is 66.2 Å². The van der Waals surface area contributed by atoms with Gasteiger partial charge in [-0.05, 0) is 66.8 Å². The molecule has 0 bridgehead atoms. The summed E-state index contributed by atoms with van der Waals surface area (Å²) in [6.07, 6.45) is 3.77. The number of rotatable bonds is 4. The SMILES string of the molecule is Oc1ccc(Cl)cc1N1C(=S)N[C@H](c2ccccn2)[C@@H]1c1cccn1-c1nc2ccccc2s1. The number of phenolic OH excluding ortho intramolecular Hbond substituents is 1. The van der Waals surface area contributed by atoms with Crippen molar-refractivity contribution in [2.45, 2.75) is 12.1 Å². The number of para-hydroxylation sites is 1. The Morgan fingerprint density at radius 1 is 1.03 bits per heavy atom. The van der Waals surface area contributed by atoms with Gasteiger partial charge in [-0.15, -0.1) is 0 Å². The number of fused-ring (bicyclic) bond motifs is 1. The number of phenols is 1. The number of hydrogen-bond acceptors (Lipinski definition) is 5. The minimum atomic E-state index is -0.311. The van der Waals surface area contributed by atoms with Crippen molar-refractivity contribution in [2.24, 2.45) is 0 Å². The first-order valence-corrected chi connectivity index (χ1v) is 12.2. The third kappa shape index (κ3) is 3.51. The second kappa shape index (κ2) is 8.39.